The molecular weight excluding hydrogens is 550 g/mol. The van der Waals surface area contributed by atoms with Crippen LogP contribution in [0, 0.1) is 0 Å². The number of anilines is 2. The van der Waals surface area contributed by atoms with Crippen LogP contribution >= 0.6 is 0 Å². The molecule has 1 saturated heterocycles. The van der Waals surface area contributed by atoms with Gasteiger partial charge in [0.15, 0.2) is 6.10 Å². The summed E-state index contributed by atoms with van der Waals surface area (Å²) in [5.41, 5.74) is 2.38. The maximum absolute atomic E-state index is 13.4. The summed E-state index contributed by atoms with van der Waals surface area (Å²) in [5, 5.41) is 9.95. The van der Waals surface area contributed by atoms with Crippen molar-refractivity contribution in [2.45, 2.75) is 43.0 Å². The number of ether oxygens (including phenoxy) is 2. The highest BCUT2D eigenvalue weighted by molar-refractivity contribution is 5.67. The van der Waals surface area contributed by atoms with Gasteiger partial charge in [0.05, 0.1) is 12.6 Å². The first-order chi connectivity index (χ1) is 19.4. The molecule has 0 aromatic heterocycles. The van der Waals surface area contributed by atoms with Crippen molar-refractivity contribution in [1.82, 2.24) is 0 Å². The minimum atomic E-state index is -4.91. The van der Waals surface area contributed by atoms with Gasteiger partial charge in [0, 0.05) is 43.5 Å². The standard InChI is InChI=1S/C30H30F6N2O3/c1-40-24-12-13-37(17-24)22-8-4-6-20(14-22)16-28(21-7-5-9-23(15-21)41-30(34,35)36)19-38(18-27(39)29(31,32)33)26-11-3-2-10-25(26)28/h2-11,14-15,24,27,39H,12-13,16-19H2,1H3. The fraction of sp³-hybridized carbons (Fsp3) is 0.400. The second kappa shape index (κ2) is 11.1. The van der Waals surface area contributed by atoms with Crippen molar-refractivity contribution in [3.63, 3.8) is 0 Å². The third-order valence-electron chi connectivity index (χ3n) is 7.87. The predicted octanol–water partition coefficient (Wildman–Crippen LogP) is 6.08. The zero-order valence-electron chi connectivity index (χ0n) is 22.3. The van der Waals surface area contributed by atoms with Crippen molar-refractivity contribution in [2.24, 2.45) is 0 Å². The fourth-order valence-electron chi connectivity index (χ4n) is 5.98. The summed E-state index contributed by atoms with van der Waals surface area (Å²) in [5.74, 6) is -0.419. The number of para-hydroxylation sites is 1. The number of alkyl halides is 6. The number of nitrogens with zero attached hydrogens (tertiary/aromatic N) is 2. The molecule has 1 N–H and O–H groups in total. The molecule has 3 atom stereocenters. The van der Waals surface area contributed by atoms with Crippen LogP contribution < -0.4 is 14.5 Å². The largest absolute Gasteiger partial charge is 0.573 e. The number of aliphatic hydroxyl groups excluding tert-OH is 1. The Hall–Kier alpha value is -3.44. The van der Waals surface area contributed by atoms with Crippen molar-refractivity contribution in [3.05, 3.63) is 89.5 Å². The number of rotatable bonds is 8. The van der Waals surface area contributed by atoms with Crippen LogP contribution in [-0.4, -0.2) is 63.1 Å². The summed E-state index contributed by atoms with van der Waals surface area (Å²) >= 11 is 0. The SMILES string of the molecule is COC1CCN(c2cccc(CC3(c4cccc(OC(F)(F)F)c4)CN(CC(O)C(F)(F)F)c4ccccc43)c2)C1. The minimum absolute atomic E-state index is 0.00858. The molecule has 41 heavy (non-hydrogen) atoms. The second-order valence-electron chi connectivity index (χ2n) is 10.6. The maximum atomic E-state index is 13.4. The molecule has 1 fully saturated rings. The van der Waals surface area contributed by atoms with E-state index in [0.717, 1.165) is 24.2 Å². The van der Waals surface area contributed by atoms with Gasteiger partial charge in [-0.25, -0.2) is 0 Å². The molecule has 0 saturated carbocycles. The number of hydrogen-bond acceptors (Lipinski definition) is 5. The van der Waals surface area contributed by atoms with Crippen LogP contribution in [0.25, 0.3) is 0 Å². The fourth-order valence-corrected chi connectivity index (χ4v) is 5.98. The Morgan fingerprint density at radius 1 is 0.976 bits per heavy atom. The summed E-state index contributed by atoms with van der Waals surface area (Å²) in [4.78, 5) is 3.65. The number of β-amino-alcohol motifs (C(OH)–C–C–N with tert-alkyl or cyclic N) is 1. The van der Waals surface area contributed by atoms with Crippen LogP contribution in [0.1, 0.15) is 23.1 Å². The first kappa shape index (κ1) is 29.1. The van der Waals surface area contributed by atoms with Crippen molar-refractivity contribution in [1.29, 1.82) is 0 Å². The lowest BCUT2D eigenvalue weighted by Gasteiger charge is -2.33. The van der Waals surface area contributed by atoms with E-state index in [1.54, 1.807) is 37.4 Å². The van der Waals surface area contributed by atoms with E-state index < -0.39 is 36.4 Å². The van der Waals surface area contributed by atoms with E-state index in [-0.39, 0.29) is 19.1 Å². The Morgan fingerprint density at radius 3 is 2.44 bits per heavy atom. The Bertz CT molecular complexity index is 1360. The van der Waals surface area contributed by atoms with Gasteiger partial charge in [-0.2, -0.15) is 13.2 Å². The smallest absolute Gasteiger partial charge is 0.406 e. The average molecular weight is 581 g/mol. The second-order valence-corrected chi connectivity index (χ2v) is 10.6. The van der Waals surface area contributed by atoms with Crippen LogP contribution in [0.4, 0.5) is 37.7 Å². The summed E-state index contributed by atoms with van der Waals surface area (Å²) in [6.07, 6.45) is -11.1. The number of benzene rings is 3. The van der Waals surface area contributed by atoms with E-state index in [1.807, 2.05) is 24.3 Å². The Balaban J connectivity index is 1.58. The summed E-state index contributed by atoms with van der Waals surface area (Å²) in [6, 6.07) is 20.3. The molecule has 0 amide bonds. The highest BCUT2D eigenvalue weighted by Crippen LogP contribution is 2.48. The van der Waals surface area contributed by atoms with Crippen LogP contribution in [0.2, 0.25) is 0 Å². The molecule has 3 aromatic carbocycles. The average Bonchev–Trinajstić information content (AvgIpc) is 3.52. The molecule has 3 aromatic rings. The van der Waals surface area contributed by atoms with E-state index >= 15 is 0 Å². The van der Waals surface area contributed by atoms with Gasteiger partial charge in [-0.15, -0.1) is 13.2 Å². The molecule has 0 bridgehead atoms. The number of aliphatic hydroxyl groups is 1. The Kier molecular flexibility index (Phi) is 7.86. The van der Waals surface area contributed by atoms with E-state index in [2.05, 4.69) is 9.64 Å². The zero-order valence-corrected chi connectivity index (χ0v) is 22.3. The minimum Gasteiger partial charge on any atom is -0.406 e. The van der Waals surface area contributed by atoms with Gasteiger partial charge in [0.2, 0.25) is 0 Å². The van der Waals surface area contributed by atoms with Crippen LogP contribution in [0.15, 0.2) is 72.8 Å². The molecule has 5 nitrogen and oxygen atoms in total. The highest BCUT2D eigenvalue weighted by atomic mass is 19.4. The van der Waals surface area contributed by atoms with Gasteiger partial charge in [0.1, 0.15) is 5.75 Å². The predicted molar refractivity (Wildman–Crippen MR) is 142 cm³/mol. The number of hydrogen-bond donors (Lipinski definition) is 1. The van der Waals surface area contributed by atoms with Crippen LogP contribution in [-0.2, 0) is 16.6 Å². The molecule has 3 unspecified atom stereocenters. The topological polar surface area (TPSA) is 45.2 Å². The van der Waals surface area contributed by atoms with Gasteiger partial charge in [-0.05, 0) is 59.9 Å². The number of fused-ring (bicyclic) bond motifs is 1. The van der Waals surface area contributed by atoms with Crippen molar-refractivity contribution in [2.75, 3.05) is 43.1 Å². The van der Waals surface area contributed by atoms with E-state index in [1.165, 1.54) is 23.1 Å². The first-order valence-electron chi connectivity index (χ1n) is 13.2. The van der Waals surface area contributed by atoms with Gasteiger partial charge < -0.3 is 24.4 Å². The third-order valence-corrected chi connectivity index (χ3v) is 7.87. The zero-order chi connectivity index (χ0) is 29.4. The van der Waals surface area contributed by atoms with Gasteiger partial charge in [0.25, 0.3) is 0 Å². The molecule has 220 valence electrons. The lowest BCUT2D eigenvalue weighted by atomic mass is 9.71. The molecule has 2 heterocycles. The summed E-state index contributed by atoms with van der Waals surface area (Å²) < 4.78 is 89.2. The van der Waals surface area contributed by atoms with Crippen molar-refractivity contribution >= 4 is 11.4 Å². The third kappa shape index (κ3) is 6.25. The number of halogens is 6. The quantitative estimate of drug-likeness (QED) is 0.327. The van der Waals surface area contributed by atoms with Crippen molar-refractivity contribution < 1.29 is 40.9 Å². The molecule has 0 spiro atoms. The molecule has 0 aliphatic carbocycles. The van der Waals surface area contributed by atoms with Crippen molar-refractivity contribution in [3.8, 4) is 5.75 Å². The normalized spacial score (nSPS) is 21.7. The van der Waals surface area contributed by atoms with Crippen LogP contribution in [0.3, 0.4) is 0 Å². The summed E-state index contributed by atoms with van der Waals surface area (Å²) in [7, 11) is 1.67. The van der Waals surface area contributed by atoms with E-state index in [0.29, 0.717) is 23.4 Å². The number of methoxy groups -OCH3 is 1. The summed E-state index contributed by atoms with van der Waals surface area (Å²) in [6.45, 7) is 0.811. The molecule has 5 rings (SSSR count). The maximum Gasteiger partial charge on any atom is 0.573 e. The van der Waals surface area contributed by atoms with Crippen LogP contribution in [0.5, 0.6) is 5.75 Å². The van der Waals surface area contributed by atoms with Gasteiger partial charge in [-0.3, -0.25) is 0 Å². The van der Waals surface area contributed by atoms with Gasteiger partial charge >= 0.3 is 12.5 Å². The molecule has 11 heteroatoms. The molecule has 0 radical (unpaired) electrons. The van der Waals surface area contributed by atoms with E-state index in [4.69, 9.17) is 4.74 Å². The first-order valence-corrected chi connectivity index (χ1v) is 13.2. The molecule has 2 aliphatic rings. The lowest BCUT2D eigenvalue weighted by molar-refractivity contribution is -0.274. The Labute approximate surface area is 233 Å². The lowest BCUT2D eigenvalue weighted by Crippen LogP contribution is -2.44. The van der Waals surface area contributed by atoms with Gasteiger partial charge in [-0.1, -0.05) is 42.5 Å². The Morgan fingerprint density at radius 2 is 1.73 bits per heavy atom. The monoisotopic (exact) mass is 580 g/mol. The highest BCUT2D eigenvalue weighted by Gasteiger charge is 2.47. The van der Waals surface area contributed by atoms with E-state index in [9.17, 15) is 31.4 Å². The molecule has 2 aliphatic heterocycles. The molecular formula is C30H30F6N2O3.